The number of hydrogen-bond donors (Lipinski definition) is 1. The predicted molar refractivity (Wildman–Crippen MR) is 68.4 cm³/mol. The maximum Gasteiger partial charge on any atom is 0.389 e. The molecule has 0 saturated carbocycles. The molecule has 112 valence electrons. The normalized spacial score (nSPS) is 12.4. The molecular formula is C11H10BrF3O4S. The van der Waals surface area contributed by atoms with Gasteiger partial charge in [0.15, 0.2) is 9.84 Å². The molecule has 0 aliphatic heterocycles. The van der Waals surface area contributed by atoms with Crippen LogP contribution in [0.1, 0.15) is 23.2 Å². The van der Waals surface area contributed by atoms with Crippen LogP contribution in [0.15, 0.2) is 27.6 Å². The molecule has 0 atom stereocenters. The van der Waals surface area contributed by atoms with E-state index in [2.05, 4.69) is 15.9 Å². The Morgan fingerprint density at radius 3 is 2.40 bits per heavy atom. The molecule has 0 heterocycles. The number of carboxylic acids is 1. The standard InChI is InChI=1S/C11H10BrF3O4S/c12-8-3-2-7(10(16)17)6-9(8)20(18,19)5-1-4-11(13,14)15/h2-3,6H,1,4-5H2,(H,16,17). The zero-order chi connectivity index (χ0) is 15.6. The van der Waals surface area contributed by atoms with Gasteiger partial charge in [-0.15, -0.1) is 0 Å². The third-order valence-corrected chi connectivity index (χ3v) is 5.17. The maximum atomic E-state index is 12.0. The van der Waals surface area contributed by atoms with E-state index in [0.717, 1.165) is 6.07 Å². The van der Waals surface area contributed by atoms with Gasteiger partial charge in [0.25, 0.3) is 0 Å². The van der Waals surface area contributed by atoms with Crippen LogP contribution in [0, 0.1) is 0 Å². The van der Waals surface area contributed by atoms with Crippen LogP contribution < -0.4 is 0 Å². The van der Waals surface area contributed by atoms with Crippen molar-refractivity contribution in [1.82, 2.24) is 0 Å². The Balaban J connectivity index is 2.97. The third-order valence-electron chi connectivity index (χ3n) is 2.39. The molecule has 0 fully saturated rings. The van der Waals surface area contributed by atoms with Gasteiger partial charge in [0.2, 0.25) is 0 Å². The molecule has 4 nitrogen and oxygen atoms in total. The fourth-order valence-electron chi connectivity index (χ4n) is 1.45. The molecule has 0 radical (unpaired) electrons. The molecular weight excluding hydrogens is 365 g/mol. The first-order chi connectivity index (χ1) is 9.03. The number of carboxylic acid groups (broad SMARTS) is 1. The molecule has 20 heavy (non-hydrogen) atoms. The van der Waals surface area contributed by atoms with Crippen LogP contribution >= 0.6 is 15.9 Å². The first kappa shape index (κ1) is 17.0. The fraction of sp³-hybridized carbons (Fsp3) is 0.364. The van der Waals surface area contributed by atoms with Crippen LogP contribution in [0.5, 0.6) is 0 Å². The average Bonchev–Trinajstić information content (AvgIpc) is 2.26. The van der Waals surface area contributed by atoms with E-state index >= 15 is 0 Å². The van der Waals surface area contributed by atoms with Gasteiger partial charge in [-0.25, -0.2) is 13.2 Å². The monoisotopic (exact) mass is 374 g/mol. The summed E-state index contributed by atoms with van der Waals surface area (Å²) in [5, 5.41) is 8.79. The second kappa shape index (κ2) is 6.13. The minimum Gasteiger partial charge on any atom is -0.478 e. The number of benzene rings is 1. The number of halogens is 4. The van der Waals surface area contributed by atoms with Crippen molar-refractivity contribution in [2.24, 2.45) is 0 Å². The van der Waals surface area contributed by atoms with E-state index in [0.29, 0.717) is 0 Å². The second-order valence-electron chi connectivity index (χ2n) is 3.99. The summed E-state index contributed by atoms with van der Waals surface area (Å²) in [7, 11) is -3.98. The Hall–Kier alpha value is -1.09. The van der Waals surface area contributed by atoms with E-state index in [-0.39, 0.29) is 14.9 Å². The summed E-state index contributed by atoms with van der Waals surface area (Å²) in [6, 6.07) is 3.36. The Labute approximate surface area is 121 Å². The highest BCUT2D eigenvalue weighted by molar-refractivity contribution is 9.10. The topological polar surface area (TPSA) is 71.4 Å². The van der Waals surface area contributed by atoms with Gasteiger partial charge < -0.3 is 5.11 Å². The van der Waals surface area contributed by atoms with Crippen LogP contribution in [-0.2, 0) is 9.84 Å². The van der Waals surface area contributed by atoms with E-state index in [9.17, 15) is 26.4 Å². The van der Waals surface area contributed by atoms with E-state index in [1.54, 1.807) is 0 Å². The quantitative estimate of drug-likeness (QED) is 0.858. The molecule has 0 aromatic heterocycles. The molecule has 0 saturated heterocycles. The minimum atomic E-state index is -4.42. The largest absolute Gasteiger partial charge is 0.478 e. The van der Waals surface area contributed by atoms with Crippen molar-refractivity contribution in [3.8, 4) is 0 Å². The molecule has 1 N–H and O–H groups in total. The van der Waals surface area contributed by atoms with Gasteiger partial charge in [-0.3, -0.25) is 0 Å². The van der Waals surface area contributed by atoms with Crippen LogP contribution in [0.4, 0.5) is 13.2 Å². The Bertz CT molecular complexity index is 611. The summed E-state index contributed by atoms with van der Waals surface area (Å²) >= 11 is 2.95. The van der Waals surface area contributed by atoms with E-state index in [1.165, 1.54) is 12.1 Å². The number of rotatable bonds is 5. The summed E-state index contributed by atoms with van der Waals surface area (Å²) in [6.45, 7) is 0. The van der Waals surface area contributed by atoms with Crippen molar-refractivity contribution >= 4 is 31.7 Å². The SMILES string of the molecule is O=C(O)c1ccc(Br)c(S(=O)(=O)CCCC(F)(F)F)c1. The van der Waals surface area contributed by atoms with E-state index in [4.69, 9.17) is 5.11 Å². The van der Waals surface area contributed by atoms with Gasteiger partial charge in [0.05, 0.1) is 16.2 Å². The van der Waals surface area contributed by atoms with Gasteiger partial charge in [-0.1, -0.05) is 0 Å². The summed E-state index contributed by atoms with van der Waals surface area (Å²) < 4.78 is 60.0. The van der Waals surface area contributed by atoms with E-state index < -0.39 is 40.6 Å². The first-order valence-electron chi connectivity index (χ1n) is 5.35. The predicted octanol–water partition coefficient (Wildman–Crippen LogP) is 3.26. The van der Waals surface area contributed by atoms with Gasteiger partial charge in [0.1, 0.15) is 0 Å². The number of carbonyl (C=O) groups is 1. The highest BCUT2D eigenvalue weighted by atomic mass is 79.9. The molecule has 0 bridgehead atoms. The molecule has 0 unspecified atom stereocenters. The van der Waals surface area contributed by atoms with Gasteiger partial charge in [0, 0.05) is 10.9 Å². The van der Waals surface area contributed by atoms with Crippen LogP contribution in [0.3, 0.4) is 0 Å². The molecule has 1 rings (SSSR count). The smallest absolute Gasteiger partial charge is 0.389 e. The van der Waals surface area contributed by atoms with Crippen LogP contribution in [0.25, 0.3) is 0 Å². The Morgan fingerprint density at radius 1 is 1.30 bits per heavy atom. The molecule has 1 aromatic carbocycles. The summed E-state index contributed by atoms with van der Waals surface area (Å²) in [6.07, 6.45) is -6.20. The summed E-state index contributed by atoms with van der Waals surface area (Å²) in [4.78, 5) is 10.5. The van der Waals surface area contributed by atoms with Crippen molar-refractivity contribution in [2.45, 2.75) is 23.9 Å². The first-order valence-corrected chi connectivity index (χ1v) is 7.80. The van der Waals surface area contributed by atoms with E-state index in [1.807, 2.05) is 0 Å². The highest BCUT2D eigenvalue weighted by Crippen LogP contribution is 2.27. The second-order valence-corrected chi connectivity index (χ2v) is 6.92. The summed E-state index contributed by atoms with van der Waals surface area (Å²) in [5.74, 6) is -2.02. The van der Waals surface area contributed by atoms with Crippen molar-refractivity contribution in [3.05, 3.63) is 28.2 Å². The van der Waals surface area contributed by atoms with Crippen molar-refractivity contribution in [3.63, 3.8) is 0 Å². The molecule has 0 aliphatic carbocycles. The van der Waals surface area contributed by atoms with Gasteiger partial charge in [-0.2, -0.15) is 13.2 Å². The lowest BCUT2D eigenvalue weighted by molar-refractivity contribution is -0.134. The van der Waals surface area contributed by atoms with Gasteiger partial charge >= 0.3 is 12.1 Å². The highest BCUT2D eigenvalue weighted by Gasteiger charge is 2.28. The third kappa shape index (κ3) is 4.78. The van der Waals surface area contributed by atoms with Crippen molar-refractivity contribution < 1.29 is 31.5 Å². The molecule has 0 amide bonds. The molecule has 9 heteroatoms. The zero-order valence-corrected chi connectivity index (χ0v) is 12.3. The lowest BCUT2D eigenvalue weighted by Crippen LogP contribution is -2.13. The van der Waals surface area contributed by atoms with Crippen molar-refractivity contribution in [2.75, 3.05) is 5.75 Å². The fourth-order valence-corrected chi connectivity index (χ4v) is 3.85. The molecule has 0 aliphatic rings. The molecule has 0 spiro atoms. The van der Waals surface area contributed by atoms with Crippen LogP contribution in [0.2, 0.25) is 0 Å². The lowest BCUT2D eigenvalue weighted by atomic mass is 10.2. The average molecular weight is 375 g/mol. The van der Waals surface area contributed by atoms with Gasteiger partial charge in [-0.05, 0) is 40.5 Å². The lowest BCUT2D eigenvalue weighted by Gasteiger charge is -2.09. The molecule has 1 aromatic rings. The maximum absolute atomic E-state index is 12.0. The number of alkyl halides is 3. The minimum absolute atomic E-state index is 0.120. The zero-order valence-electron chi connectivity index (χ0n) is 9.95. The number of aromatic carboxylic acids is 1. The number of hydrogen-bond acceptors (Lipinski definition) is 3. The number of sulfone groups is 1. The van der Waals surface area contributed by atoms with Crippen molar-refractivity contribution in [1.29, 1.82) is 0 Å². The Morgan fingerprint density at radius 2 is 1.90 bits per heavy atom. The van der Waals surface area contributed by atoms with Crippen LogP contribution in [-0.4, -0.2) is 31.4 Å². The Kier molecular flexibility index (Phi) is 5.20. The summed E-state index contributed by atoms with van der Waals surface area (Å²) in [5.41, 5.74) is -0.248.